The maximum atomic E-state index is 11.5. The first-order chi connectivity index (χ1) is 8.38. The standard InChI is InChI=1S/C10H20N2O4S2/c1-7(18(3)16)6-11-10(15)12-8(9(13)14)4-5-17-2/h7-8H,4-6H2,1-3H3,(H,13,14)(H2,11,12,15)/t7?,8-,18?/m1/s1. The minimum atomic E-state index is -1.05. The number of hydrogen-bond donors (Lipinski definition) is 3. The van der Waals surface area contributed by atoms with Crippen LogP contribution in [0.15, 0.2) is 0 Å². The Labute approximate surface area is 114 Å². The smallest absolute Gasteiger partial charge is 0.326 e. The second-order valence-electron chi connectivity index (χ2n) is 3.84. The molecule has 2 unspecified atom stereocenters. The van der Waals surface area contributed by atoms with Crippen molar-refractivity contribution in [2.75, 3.05) is 24.8 Å². The molecule has 0 aliphatic rings. The highest BCUT2D eigenvalue weighted by atomic mass is 32.2. The van der Waals surface area contributed by atoms with E-state index in [1.165, 1.54) is 11.8 Å². The van der Waals surface area contributed by atoms with E-state index in [-0.39, 0.29) is 11.8 Å². The van der Waals surface area contributed by atoms with E-state index in [0.717, 1.165) is 0 Å². The second-order valence-corrected chi connectivity index (χ2v) is 6.62. The molecule has 2 amide bonds. The van der Waals surface area contributed by atoms with Crippen molar-refractivity contribution in [2.45, 2.75) is 24.6 Å². The highest BCUT2D eigenvalue weighted by Gasteiger charge is 2.19. The number of carboxylic acid groups (broad SMARTS) is 1. The summed E-state index contributed by atoms with van der Waals surface area (Å²) >= 11 is 1.52. The third-order valence-electron chi connectivity index (χ3n) is 2.33. The van der Waals surface area contributed by atoms with E-state index in [4.69, 9.17) is 5.11 Å². The maximum absolute atomic E-state index is 11.5. The quantitative estimate of drug-likeness (QED) is 0.597. The van der Waals surface area contributed by atoms with E-state index in [0.29, 0.717) is 12.2 Å². The number of hydrogen-bond acceptors (Lipinski definition) is 4. The molecule has 3 atom stereocenters. The normalized spacial score (nSPS) is 15.5. The lowest BCUT2D eigenvalue weighted by Gasteiger charge is -2.16. The molecule has 0 aromatic carbocycles. The first-order valence-corrected chi connectivity index (χ1v) is 8.48. The van der Waals surface area contributed by atoms with Crippen molar-refractivity contribution in [1.82, 2.24) is 10.6 Å². The molecule has 0 rings (SSSR count). The molecule has 6 nitrogen and oxygen atoms in total. The summed E-state index contributed by atoms with van der Waals surface area (Å²) in [7, 11) is -1.02. The average Bonchev–Trinajstić information content (AvgIpc) is 2.30. The summed E-state index contributed by atoms with van der Waals surface area (Å²) in [4.78, 5) is 22.3. The molecule has 0 spiro atoms. The Morgan fingerprint density at radius 2 is 2.06 bits per heavy atom. The molecule has 0 aromatic rings. The number of amides is 2. The summed E-state index contributed by atoms with van der Waals surface area (Å²) < 4.78 is 11.1. The summed E-state index contributed by atoms with van der Waals surface area (Å²) in [6.45, 7) is 2.00. The SMILES string of the molecule is CSCC[C@@H](NC(=O)NCC(C)S(C)=O)C(=O)O. The number of aliphatic carboxylic acids is 1. The van der Waals surface area contributed by atoms with Crippen molar-refractivity contribution in [3.63, 3.8) is 0 Å². The minimum Gasteiger partial charge on any atom is -0.480 e. The summed E-state index contributed by atoms with van der Waals surface area (Å²) in [5.41, 5.74) is 0. The Balaban J connectivity index is 4.09. The molecule has 0 saturated carbocycles. The van der Waals surface area contributed by atoms with E-state index in [9.17, 15) is 13.8 Å². The summed E-state index contributed by atoms with van der Waals surface area (Å²) in [5, 5.41) is 13.6. The second kappa shape index (κ2) is 9.21. The molecule has 0 fully saturated rings. The molecule has 18 heavy (non-hydrogen) atoms. The maximum Gasteiger partial charge on any atom is 0.326 e. The van der Waals surface area contributed by atoms with Crippen LogP contribution in [0.4, 0.5) is 4.79 Å². The van der Waals surface area contributed by atoms with Crippen molar-refractivity contribution in [3.8, 4) is 0 Å². The lowest BCUT2D eigenvalue weighted by Crippen LogP contribution is -2.47. The summed E-state index contributed by atoms with van der Waals surface area (Å²) in [5.74, 6) is -0.390. The van der Waals surface area contributed by atoms with Crippen molar-refractivity contribution in [1.29, 1.82) is 0 Å². The number of carboxylic acids is 1. The average molecular weight is 296 g/mol. The number of urea groups is 1. The third kappa shape index (κ3) is 7.54. The van der Waals surface area contributed by atoms with Gasteiger partial charge in [0.25, 0.3) is 0 Å². The zero-order valence-corrected chi connectivity index (χ0v) is 12.4. The van der Waals surface area contributed by atoms with Gasteiger partial charge in [-0.2, -0.15) is 11.8 Å². The predicted octanol–water partition coefficient (Wildman–Crippen LogP) is 0.259. The van der Waals surface area contributed by atoms with E-state index in [1.807, 2.05) is 6.26 Å². The van der Waals surface area contributed by atoms with Crippen LogP contribution in [0.25, 0.3) is 0 Å². The van der Waals surface area contributed by atoms with Gasteiger partial charge in [-0.25, -0.2) is 9.59 Å². The molecule has 0 bridgehead atoms. The Bertz CT molecular complexity index is 312. The highest BCUT2D eigenvalue weighted by Crippen LogP contribution is 2.01. The molecule has 0 saturated heterocycles. The highest BCUT2D eigenvalue weighted by molar-refractivity contribution is 7.98. The zero-order chi connectivity index (χ0) is 14.1. The van der Waals surface area contributed by atoms with Crippen LogP contribution in [-0.2, 0) is 15.6 Å². The monoisotopic (exact) mass is 296 g/mol. The molecule has 0 aromatic heterocycles. The van der Waals surface area contributed by atoms with Crippen LogP contribution >= 0.6 is 11.8 Å². The third-order valence-corrected chi connectivity index (χ3v) is 4.27. The minimum absolute atomic E-state index is 0.162. The molecule has 8 heteroatoms. The number of carbonyl (C=O) groups excluding carboxylic acids is 1. The summed E-state index contributed by atoms with van der Waals surface area (Å²) in [6, 6.07) is -1.43. The van der Waals surface area contributed by atoms with Gasteiger partial charge in [-0.15, -0.1) is 0 Å². The van der Waals surface area contributed by atoms with Gasteiger partial charge >= 0.3 is 12.0 Å². The van der Waals surface area contributed by atoms with E-state index in [2.05, 4.69) is 10.6 Å². The van der Waals surface area contributed by atoms with Crippen molar-refractivity contribution in [3.05, 3.63) is 0 Å². The summed E-state index contributed by atoms with van der Waals surface area (Å²) in [6.07, 6.45) is 3.80. The van der Waals surface area contributed by atoms with Gasteiger partial charge in [-0.3, -0.25) is 4.21 Å². The fourth-order valence-electron chi connectivity index (χ4n) is 1.06. The molecule has 106 valence electrons. The molecule has 0 radical (unpaired) electrons. The van der Waals surface area contributed by atoms with Crippen LogP contribution < -0.4 is 10.6 Å². The Hall–Kier alpha value is -0.760. The predicted molar refractivity (Wildman–Crippen MR) is 74.5 cm³/mol. The van der Waals surface area contributed by atoms with E-state index >= 15 is 0 Å². The fourth-order valence-corrected chi connectivity index (χ4v) is 1.85. The van der Waals surface area contributed by atoms with Gasteiger partial charge in [0.1, 0.15) is 6.04 Å². The van der Waals surface area contributed by atoms with Crippen molar-refractivity contribution in [2.24, 2.45) is 0 Å². The van der Waals surface area contributed by atoms with E-state index in [1.54, 1.807) is 13.2 Å². The van der Waals surface area contributed by atoms with Crippen LogP contribution in [0.3, 0.4) is 0 Å². The lowest BCUT2D eigenvalue weighted by atomic mass is 10.2. The number of nitrogens with one attached hydrogen (secondary N) is 2. The van der Waals surface area contributed by atoms with Gasteiger partial charge in [0.05, 0.1) is 0 Å². The lowest BCUT2D eigenvalue weighted by molar-refractivity contribution is -0.139. The van der Waals surface area contributed by atoms with E-state index < -0.39 is 28.8 Å². The first-order valence-electron chi connectivity index (χ1n) is 5.46. The Kier molecular flexibility index (Phi) is 8.82. The first kappa shape index (κ1) is 17.2. The van der Waals surface area contributed by atoms with Crippen LogP contribution in [0.5, 0.6) is 0 Å². The molecule has 0 aliphatic heterocycles. The fraction of sp³-hybridized carbons (Fsp3) is 0.800. The van der Waals surface area contributed by atoms with Crippen molar-refractivity contribution >= 4 is 34.6 Å². The van der Waals surface area contributed by atoms with Gasteiger partial charge in [0.15, 0.2) is 0 Å². The van der Waals surface area contributed by atoms with Gasteiger partial charge in [-0.1, -0.05) is 0 Å². The molecular formula is C10H20N2O4S2. The molecule has 0 heterocycles. The molecule has 3 N–H and O–H groups in total. The van der Waals surface area contributed by atoms with Gasteiger partial charge in [0.2, 0.25) is 0 Å². The Morgan fingerprint density at radius 3 is 2.50 bits per heavy atom. The number of carbonyl (C=O) groups is 2. The van der Waals surface area contributed by atoms with Crippen LogP contribution in [0.1, 0.15) is 13.3 Å². The number of thioether (sulfide) groups is 1. The largest absolute Gasteiger partial charge is 0.480 e. The molecule has 0 aliphatic carbocycles. The van der Waals surface area contributed by atoms with Crippen LogP contribution in [0, 0.1) is 0 Å². The van der Waals surface area contributed by atoms with Crippen molar-refractivity contribution < 1.29 is 18.9 Å². The van der Waals surface area contributed by atoms with Gasteiger partial charge < -0.3 is 15.7 Å². The van der Waals surface area contributed by atoms with Crippen LogP contribution in [0.2, 0.25) is 0 Å². The Morgan fingerprint density at radius 1 is 1.44 bits per heavy atom. The van der Waals surface area contributed by atoms with Gasteiger partial charge in [-0.05, 0) is 25.4 Å². The number of rotatable bonds is 8. The van der Waals surface area contributed by atoms with Crippen LogP contribution in [-0.4, -0.2) is 57.4 Å². The topological polar surface area (TPSA) is 95.5 Å². The zero-order valence-electron chi connectivity index (χ0n) is 10.8. The van der Waals surface area contributed by atoms with Gasteiger partial charge in [0, 0.05) is 28.9 Å². The molecular weight excluding hydrogens is 276 g/mol.